The molecule has 3 N–H and O–H groups in total. The summed E-state index contributed by atoms with van der Waals surface area (Å²) in [6, 6.07) is 10.3. The van der Waals surface area contributed by atoms with E-state index >= 15 is 0 Å². The smallest absolute Gasteiger partial charge is 0.242 e. The van der Waals surface area contributed by atoms with Gasteiger partial charge in [-0.1, -0.05) is 12.1 Å². The lowest BCUT2D eigenvalue weighted by Crippen LogP contribution is -2.44. The molecular formula is C18H22FN3O2S. The molecule has 5 nitrogen and oxygen atoms in total. The molecule has 7 heteroatoms. The molecule has 0 saturated carbocycles. The number of nitrogens with zero attached hydrogens (tertiary/aromatic N) is 1. The van der Waals surface area contributed by atoms with Crippen LogP contribution >= 0.6 is 11.3 Å². The number of rotatable bonds is 7. The molecule has 0 aliphatic rings. The fourth-order valence-corrected chi connectivity index (χ4v) is 3.34. The molecule has 1 aromatic heterocycles. The fraction of sp³-hybridized carbons (Fsp3) is 0.333. The van der Waals surface area contributed by atoms with Crippen LogP contribution in [0.2, 0.25) is 0 Å². The van der Waals surface area contributed by atoms with Crippen LogP contribution in [0.1, 0.15) is 18.7 Å². The van der Waals surface area contributed by atoms with Crippen molar-refractivity contribution < 1.29 is 14.0 Å². The summed E-state index contributed by atoms with van der Waals surface area (Å²) in [4.78, 5) is 27.2. The third-order valence-electron chi connectivity index (χ3n) is 3.66. The third-order valence-corrected chi connectivity index (χ3v) is 4.78. The van der Waals surface area contributed by atoms with Gasteiger partial charge in [0.15, 0.2) is 0 Å². The van der Waals surface area contributed by atoms with Gasteiger partial charge in [0.2, 0.25) is 11.8 Å². The fourth-order valence-electron chi connectivity index (χ4n) is 2.33. The molecular weight excluding hydrogens is 341 g/mol. The maximum atomic E-state index is 13.4. The van der Waals surface area contributed by atoms with Crippen molar-refractivity contribution in [2.45, 2.75) is 26.4 Å². The predicted molar refractivity (Wildman–Crippen MR) is 97.5 cm³/mol. The number of nitrogens with one attached hydrogen (secondary N) is 1. The van der Waals surface area contributed by atoms with Crippen LogP contribution in [-0.2, 0) is 16.1 Å². The molecule has 0 saturated heterocycles. The van der Waals surface area contributed by atoms with E-state index in [4.69, 9.17) is 5.73 Å². The Morgan fingerprint density at radius 2 is 2.04 bits per heavy atom. The van der Waals surface area contributed by atoms with Crippen LogP contribution < -0.4 is 11.1 Å². The zero-order valence-electron chi connectivity index (χ0n) is 14.3. The van der Waals surface area contributed by atoms with Crippen molar-refractivity contribution >= 4 is 23.2 Å². The van der Waals surface area contributed by atoms with Gasteiger partial charge in [-0.05, 0) is 43.7 Å². The summed E-state index contributed by atoms with van der Waals surface area (Å²) < 4.78 is 13.4. The minimum atomic E-state index is -0.360. The van der Waals surface area contributed by atoms with Gasteiger partial charge < -0.3 is 16.0 Å². The zero-order valence-corrected chi connectivity index (χ0v) is 15.1. The van der Waals surface area contributed by atoms with Gasteiger partial charge in [0.05, 0.1) is 19.6 Å². The number of hydrogen-bond acceptors (Lipinski definition) is 4. The molecule has 1 heterocycles. The lowest BCUT2D eigenvalue weighted by Gasteiger charge is -2.26. The van der Waals surface area contributed by atoms with E-state index < -0.39 is 0 Å². The minimum absolute atomic E-state index is 0.0120. The monoisotopic (exact) mass is 363 g/mol. The Morgan fingerprint density at radius 1 is 1.28 bits per heavy atom. The van der Waals surface area contributed by atoms with Crippen LogP contribution in [0.4, 0.5) is 4.39 Å². The quantitative estimate of drug-likeness (QED) is 0.793. The summed E-state index contributed by atoms with van der Waals surface area (Å²) >= 11 is 1.52. The van der Waals surface area contributed by atoms with Crippen molar-refractivity contribution in [2.75, 3.05) is 13.1 Å². The summed E-state index contributed by atoms with van der Waals surface area (Å²) in [7, 11) is 0. The molecule has 1 aromatic carbocycles. The molecule has 0 unspecified atom stereocenters. The predicted octanol–water partition coefficient (Wildman–Crippen LogP) is 2.37. The summed E-state index contributed by atoms with van der Waals surface area (Å²) in [5, 5.41) is 2.50. The van der Waals surface area contributed by atoms with Crippen molar-refractivity contribution in [3.05, 3.63) is 47.1 Å². The summed E-state index contributed by atoms with van der Waals surface area (Å²) in [5.41, 5.74) is 6.04. The Balaban J connectivity index is 2.07. The third kappa shape index (κ3) is 5.37. The standard InChI is InChI=1S/C18H22FN3O2S/c1-12(2)22(18(24)10-21-17(23)9-20)11-15-6-7-16(25-15)13-4-3-5-14(19)8-13/h3-8,12H,9-11,20H2,1-2H3,(H,21,23). The van der Waals surface area contributed by atoms with Crippen LogP contribution in [-0.4, -0.2) is 35.8 Å². The molecule has 0 aliphatic carbocycles. The van der Waals surface area contributed by atoms with Gasteiger partial charge in [-0.25, -0.2) is 4.39 Å². The number of benzene rings is 1. The molecule has 2 aromatic rings. The van der Waals surface area contributed by atoms with E-state index in [0.717, 1.165) is 15.3 Å². The molecule has 0 bridgehead atoms. The highest BCUT2D eigenvalue weighted by atomic mass is 32.1. The molecule has 25 heavy (non-hydrogen) atoms. The summed E-state index contributed by atoms with van der Waals surface area (Å²) in [6.07, 6.45) is 0. The van der Waals surface area contributed by atoms with E-state index in [1.807, 2.05) is 32.0 Å². The average molecular weight is 363 g/mol. The Labute approximate surface area is 150 Å². The van der Waals surface area contributed by atoms with E-state index in [2.05, 4.69) is 5.32 Å². The topological polar surface area (TPSA) is 75.4 Å². The molecule has 0 atom stereocenters. The lowest BCUT2D eigenvalue weighted by atomic mass is 10.2. The van der Waals surface area contributed by atoms with Crippen molar-refractivity contribution in [1.82, 2.24) is 10.2 Å². The van der Waals surface area contributed by atoms with Crippen molar-refractivity contribution in [1.29, 1.82) is 0 Å². The molecule has 134 valence electrons. The van der Waals surface area contributed by atoms with E-state index in [1.54, 1.807) is 11.0 Å². The van der Waals surface area contributed by atoms with Crippen LogP contribution in [0, 0.1) is 5.82 Å². The normalized spacial score (nSPS) is 10.8. The van der Waals surface area contributed by atoms with Gasteiger partial charge in [0.1, 0.15) is 5.82 Å². The summed E-state index contributed by atoms with van der Waals surface area (Å²) in [6.45, 7) is 4.07. The van der Waals surface area contributed by atoms with Gasteiger partial charge in [-0.3, -0.25) is 9.59 Å². The Bertz CT molecular complexity index is 745. The first-order chi connectivity index (χ1) is 11.9. The van der Waals surface area contributed by atoms with Crippen LogP contribution in [0.15, 0.2) is 36.4 Å². The number of carbonyl (C=O) groups is 2. The van der Waals surface area contributed by atoms with Crippen molar-refractivity contribution in [3.63, 3.8) is 0 Å². The highest BCUT2D eigenvalue weighted by molar-refractivity contribution is 7.15. The Kier molecular flexibility index (Phi) is 6.66. The van der Waals surface area contributed by atoms with Crippen LogP contribution in [0.3, 0.4) is 0 Å². The zero-order chi connectivity index (χ0) is 18.4. The Morgan fingerprint density at radius 3 is 2.68 bits per heavy atom. The van der Waals surface area contributed by atoms with Gasteiger partial charge in [0.25, 0.3) is 0 Å². The first-order valence-corrected chi connectivity index (χ1v) is 8.83. The van der Waals surface area contributed by atoms with E-state index in [9.17, 15) is 14.0 Å². The highest BCUT2D eigenvalue weighted by Gasteiger charge is 2.18. The number of carbonyl (C=O) groups excluding carboxylic acids is 2. The molecule has 0 radical (unpaired) electrons. The number of thiophene rings is 1. The van der Waals surface area contributed by atoms with Gasteiger partial charge >= 0.3 is 0 Å². The van der Waals surface area contributed by atoms with E-state index in [1.165, 1.54) is 23.5 Å². The second-order valence-electron chi connectivity index (χ2n) is 5.87. The minimum Gasteiger partial charge on any atom is -0.346 e. The van der Waals surface area contributed by atoms with Crippen molar-refractivity contribution in [2.24, 2.45) is 5.73 Å². The molecule has 0 fully saturated rings. The van der Waals surface area contributed by atoms with Crippen LogP contribution in [0.5, 0.6) is 0 Å². The van der Waals surface area contributed by atoms with Gasteiger partial charge in [-0.15, -0.1) is 11.3 Å². The SMILES string of the molecule is CC(C)N(Cc1ccc(-c2cccc(F)c2)s1)C(=O)CNC(=O)CN. The number of amides is 2. The largest absolute Gasteiger partial charge is 0.346 e. The second kappa shape index (κ2) is 8.73. The number of nitrogens with two attached hydrogens (primary N) is 1. The highest BCUT2D eigenvalue weighted by Crippen LogP contribution is 2.29. The second-order valence-corrected chi connectivity index (χ2v) is 7.04. The maximum absolute atomic E-state index is 13.4. The van der Waals surface area contributed by atoms with E-state index in [0.29, 0.717) is 6.54 Å². The Hall–Kier alpha value is -2.25. The van der Waals surface area contributed by atoms with Gasteiger partial charge in [-0.2, -0.15) is 0 Å². The molecule has 0 spiro atoms. The molecule has 2 amide bonds. The maximum Gasteiger partial charge on any atom is 0.242 e. The number of halogens is 1. The van der Waals surface area contributed by atoms with Gasteiger partial charge in [0, 0.05) is 15.8 Å². The lowest BCUT2D eigenvalue weighted by molar-refractivity contribution is -0.134. The average Bonchev–Trinajstić information content (AvgIpc) is 3.05. The molecule has 0 aliphatic heterocycles. The number of hydrogen-bond donors (Lipinski definition) is 2. The van der Waals surface area contributed by atoms with Crippen molar-refractivity contribution in [3.8, 4) is 10.4 Å². The van der Waals surface area contributed by atoms with E-state index in [-0.39, 0.29) is 36.8 Å². The van der Waals surface area contributed by atoms with Crippen LogP contribution in [0.25, 0.3) is 10.4 Å². The molecule has 2 rings (SSSR count). The first-order valence-electron chi connectivity index (χ1n) is 8.01. The first kappa shape index (κ1) is 19.1. The summed E-state index contributed by atoms with van der Waals surface area (Å²) in [5.74, 6) is -0.804.